The zero-order chi connectivity index (χ0) is 15.6. The average molecular weight is 308 g/mol. The SMILES string of the molecule is CC(C)CCC(C)N1C(=O)C(C(C)C)NC1c1cccs1. The van der Waals surface area contributed by atoms with Crippen molar-refractivity contribution in [2.75, 3.05) is 0 Å². The van der Waals surface area contributed by atoms with Crippen LogP contribution in [-0.4, -0.2) is 22.9 Å². The summed E-state index contributed by atoms with van der Waals surface area (Å²) in [5, 5.41) is 5.63. The van der Waals surface area contributed by atoms with Gasteiger partial charge in [-0.05, 0) is 43.0 Å². The third kappa shape index (κ3) is 3.67. The van der Waals surface area contributed by atoms with Crippen LogP contribution in [0.5, 0.6) is 0 Å². The second-order valence-corrected chi connectivity index (χ2v) is 7.85. The van der Waals surface area contributed by atoms with Gasteiger partial charge in [-0.2, -0.15) is 0 Å². The van der Waals surface area contributed by atoms with Gasteiger partial charge < -0.3 is 4.90 Å². The van der Waals surface area contributed by atoms with Crippen LogP contribution in [0.25, 0.3) is 0 Å². The maximum atomic E-state index is 12.8. The molecular weight excluding hydrogens is 280 g/mol. The van der Waals surface area contributed by atoms with Gasteiger partial charge in [0.15, 0.2) is 0 Å². The summed E-state index contributed by atoms with van der Waals surface area (Å²) in [6.07, 6.45) is 2.28. The van der Waals surface area contributed by atoms with E-state index in [1.807, 2.05) is 0 Å². The topological polar surface area (TPSA) is 32.3 Å². The van der Waals surface area contributed by atoms with Gasteiger partial charge in [0.05, 0.1) is 6.04 Å². The molecule has 1 saturated heterocycles. The van der Waals surface area contributed by atoms with Gasteiger partial charge in [-0.25, -0.2) is 0 Å². The van der Waals surface area contributed by atoms with Crippen molar-refractivity contribution in [3.05, 3.63) is 22.4 Å². The highest BCUT2D eigenvalue weighted by Crippen LogP contribution is 2.33. The van der Waals surface area contributed by atoms with Crippen molar-refractivity contribution in [3.63, 3.8) is 0 Å². The molecule has 1 aliphatic rings. The van der Waals surface area contributed by atoms with Gasteiger partial charge in [0.25, 0.3) is 0 Å². The third-order valence-corrected chi connectivity index (χ3v) is 5.18. The Kier molecular flexibility index (Phi) is 5.44. The van der Waals surface area contributed by atoms with Gasteiger partial charge >= 0.3 is 0 Å². The van der Waals surface area contributed by atoms with E-state index in [9.17, 15) is 4.79 Å². The van der Waals surface area contributed by atoms with Crippen LogP contribution < -0.4 is 5.32 Å². The summed E-state index contributed by atoms with van der Waals surface area (Å²) in [4.78, 5) is 16.1. The van der Waals surface area contributed by atoms with Gasteiger partial charge in [-0.15, -0.1) is 11.3 Å². The quantitative estimate of drug-likeness (QED) is 0.860. The summed E-state index contributed by atoms with van der Waals surface area (Å²) in [6.45, 7) is 10.9. The maximum absolute atomic E-state index is 12.8. The molecule has 0 radical (unpaired) electrons. The molecule has 1 amide bonds. The minimum Gasteiger partial charge on any atom is -0.318 e. The molecule has 21 heavy (non-hydrogen) atoms. The fourth-order valence-electron chi connectivity index (χ4n) is 2.94. The van der Waals surface area contributed by atoms with E-state index in [4.69, 9.17) is 0 Å². The van der Waals surface area contributed by atoms with E-state index >= 15 is 0 Å². The summed E-state index contributed by atoms with van der Waals surface area (Å²) in [7, 11) is 0. The van der Waals surface area contributed by atoms with Crippen LogP contribution in [0.3, 0.4) is 0 Å². The summed E-state index contributed by atoms with van der Waals surface area (Å²) >= 11 is 1.73. The summed E-state index contributed by atoms with van der Waals surface area (Å²) in [5.74, 6) is 1.26. The molecule has 0 aliphatic carbocycles. The molecule has 3 atom stereocenters. The van der Waals surface area contributed by atoms with Gasteiger partial charge in [0.2, 0.25) is 5.91 Å². The standard InChI is InChI=1S/C17H28N2OS/c1-11(2)8-9-13(5)19-16(14-7-6-10-21-14)18-15(12(3)4)17(19)20/h6-7,10-13,15-16,18H,8-9H2,1-5H3. The van der Waals surface area contributed by atoms with Crippen molar-refractivity contribution >= 4 is 17.2 Å². The van der Waals surface area contributed by atoms with Crippen LogP contribution in [0.2, 0.25) is 0 Å². The first-order valence-electron chi connectivity index (χ1n) is 8.03. The van der Waals surface area contributed by atoms with E-state index in [1.54, 1.807) is 11.3 Å². The Hall–Kier alpha value is -0.870. The second-order valence-electron chi connectivity index (χ2n) is 6.87. The van der Waals surface area contributed by atoms with Crippen LogP contribution in [0, 0.1) is 11.8 Å². The molecule has 118 valence electrons. The van der Waals surface area contributed by atoms with Gasteiger partial charge in [0, 0.05) is 10.9 Å². The number of amides is 1. The van der Waals surface area contributed by atoms with E-state index in [0.29, 0.717) is 11.8 Å². The Bertz CT molecular complexity index is 455. The highest BCUT2D eigenvalue weighted by molar-refractivity contribution is 7.10. The second kappa shape index (κ2) is 6.93. The van der Waals surface area contributed by atoms with E-state index in [1.165, 1.54) is 4.88 Å². The fraction of sp³-hybridized carbons (Fsp3) is 0.706. The summed E-state index contributed by atoms with van der Waals surface area (Å²) < 4.78 is 0. The Morgan fingerprint density at radius 1 is 1.24 bits per heavy atom. The van der Waals surface area contributed by atoms with Crippen molar-refractivity contribution in [3.8, 4) is 0 Å². The number of rotatable bonds is 6. The third-order valence-electron chi connectivity index (χ3n) is 4.25. The van der Waals surface area contributed by atoms with Gasteiger partial charge in [-0.3, -0.25) is 10.1 Å². The molecule has 1 aromatic heterocycles. The minimum absolute atomic E-state index is 0.0482. The predicted octanol–water partition coefficient (Wildman–Crippen LogP) is 4.03. The molecule has 2 heterocycles. The lowest BCUT2D eigenvalue weighted by Gasteiger charge is -2.30. The maximum Gasteiger partial charge on any atom is 0.241 e. The first-order chi connectivity index (χ1) is 9.91. The van der Waals surface area contributed by atoms with Crippen molar-refractivity contribution in [2.24, 2.45) is 11.8 Å². The van der Waals surface area contributed by atoms with Gasteiger partial charge in [-0.1, -0.05) is 33.8 Å². The lowest BCUT2D eigenvalue weighted by molar-refractivity contribution is -0.132. The lowest BCUT2D eigenvalue weighted by atomic mass is 10.0. The van der Waals surface area contributed by atoms with Crippen LogP contribution in [0.4, 0.5) is 0 Å². The average Bonchev–Trinajstić information content (AvgIpc) is 3.02. The number of thiophene rings is 1. The number of nitrogens with zero attached hydrogens (tertiary/aromatic N) is 1. The van der Waals surface area contributed by atoms with E-state index in [-0.39, 0.29) is 24.2 Å². The molecule has 0 aromatic carbocycles. The molecule has 0 spiro atoms. The minimum atomic E-state index is -0.0569. The zero-order valence-corrected chi connectivity index (χ0v) is 14.6. The fourth-order valence-corrected chi connectivity index (χ4v) is 3.72. The molecular formula is C17H28N2OS. The Morgan fingerprint density at radius 2 is 1.95 bits per heavy atom. The summed E-state index contributed by atoms with van der Waals surface area (Å²) in [6, 6.07) is 4.41. The molecule has 1 fully saturated rings. The van der Waals surface area contributed by atoms with Crippen molar-refractivity contribution < 1.29 is 4.79 Å². The van der Waals surface area contributed by atoms with Crippen molar-refractivity contribution in [2.45, 2.75) is 65.7 Å². The normalized spacial score (nSPS) is 24.3. The Labute approximate surface area is 132 Å². The number of nitrogens with one attached hydrogen (secondary N) is 1. The van der Waals surface area contributed by atoms with Crippen molar-refractivity contribution in [1.82, 2.24) is 10.2 Å². The Morgan fingerprint density at radius 3 is 2.48 bits per heavy atom. The molecule has 1 aliphatic heterocycles. The highest BCUT2D eigenvalue weighted by atomic mass is 32.1. The van der Waals surface area contributed by atoms with E-state index in [2.05, 4.69) is 62.3 Å². The number of hydrogen-bond donors (Lipinski definition) is 1. The number of hydrogen-bond acceptors (Lipinski definition) is 3. The monoisotopic (exact) mass is 308 g/mol. The molecule has 0 saturated carbocycles. The van der Waals surface area contributed by atoms with Gasteiger partial charge in [0.1, 0.15) is 6.17 Å². The molecule has 1 aromatic rings. The molecule has 4 heteroatoms. The first kappa shape index (κ1) is 16.5. The zero-order valence-electron chi connectivity index (χ0n) is 13.8. The molecule has 1 N–H and O–H groups in total. The summed E-state index contributed by atoms with van der Waals surface area (Å²) in [5.41, 5.74) is 0. The van der Waals surface area contributed by atoms with Crippen LogP contribution in [0.15, 0.2) is 17.5 Å². The molecule has 3 unspecified atom stereocenters. The van der Waals surface area contributed by atoms with E-state index in [0.717, 1.165) is 12.8 Å². The molecule has 2 rings (SSSR count). The Balaban J connectivity index is 2.18. The number of carbonyl (C=O) groups is 1. The number of carbonyl (C=O) groups excluding carboxylic acids is 1. The highest BCUT2D eigenvalue weighted by Gasteiger charge is 2.43. The first-order valence-corrected chi connectivity index (χ1v) is 8.91. The molecule has 3 nitrogen and oxygen atoms in total. The van der Waals surface area contributed by atoms with Crippen molar-refractivity contribution in [1.29, 1.82) is 0 Å². The van der Waals surface area contributed by atoms with Crippen LogP contribution >= 0.6 is 11.3 Å². The molecule has 0 bridgehead atoms. The largest absolute Gasteiger partial charge is 0.318 e. The van der Waals surface area contributed by atoms with Crippen LogP contribution in [0.1, 0.15) is 58.5 Å². The smallest absolute Gasteiger partial charge is 0.241 e. The van der Waals surface area contributed by atoms with E-state index < -0.39 is 0 Å². The lowest BCUT2D eigenvalue weighted by Crippen LogP contribution is -2.39. The predicted molar refractivity (Wildman–Crippen MR) is 89.2 cm³/mol. The van der Waals surface area contributed by atoms with Crippen LogP contribution in [-0.2, 0) is 4.79 Å².